The summed E-state index contributed by atoms with van der Waals surface area (Å²) in [5.74, 6) is 0.185. The van der Waals surface area contributed by atoms with Gasteiger partial charge in [-0.15, -0.1) is 0 Å². The molecule has 2 nitrogen and oxygen atoms in total. The minimum absolute atomic E-state index is 0.0784. The molecule has 0 aliphatic rings. The van der Waals surface area contributed by atoms with E-state index in [0.717, 1.165) is 5.56 Å². The number of rotatable bonds is 1. The second kappa shape index (κ2) is 2.60. The summed E-state index contributed by atoms with van der Waals surface area (Å²) in [6, 6.07) is 4.48. The number of aromatic hydroxyl groups is 2. The van der Waals surface area contributed by atoms with Gasteiger partial charge < -0.3 is 10.2 Å². The van der Waals surface area contributed by atoms with Crippen LogP contribution in [0.2, 0.25) is 0 Å². The quantitative estimate of drug-likeness (QED) is 0.615. The van der Waals surface area contributed by atoms with Crippen LogP contribution in [-0.2, 0) is 6.42 Å². The van der Waals surface area contributed by atoms with Crippen molar-refractivity contribution in [1.82, 2.24) is 0 Å². The van der Waals surface area contributed by atoms with Gasteiger partial charge >= 0.3 is 0 Å². The van der Waals surface area contributed by atoms with Crippen molar-refractivity contribution in [3.63, 3.8) is 0 Å². The molecular weight excluding hydrogens is 128 g/mol. The third-order valence-corrected chi connectivity index (χ3v) is 1.34. The molecule has 2 heteroatoms. The average molecular weight is 137 g/mol. The van der Waals surface area contributed by atoms with Crippen LogP contribution in [0.4, 0.5) is 0 Å². The van der Waals surface area contributed by atoms with Crippen LogP contribution in [0.3, 0.4) is 0 Å². The van der Waals surface area contributed by atoms with Crippen molar-refractivity contribution in [3.05, 3.63) is 30.7 Å². The smallest absolute Gasteiger partial charge is 0.122 e. The van der Waals surface area contributed by atoms with Crippen molar-refractivity contribution in [1.29, 1.82) is 0 Å². The molecule has 1 rings (SSSR count). The Labute approximate surface area is 59.7 Å². The maximum absolute atomic E-state index is 9.09. The molecule has 1 aromatic rings. The second-order valence-electron chi connectivity index (χ2n) is 2.06. The van der Waals surface area contributed by atoms with Crippen LogP contribution in [0.25, 0.3) is 0 Å². The van der Waals surface area contributed by atoms with E-state index >= 15 is 0 Å². The van der Waals surface area contributed by atoms with Gasteiger partial charge in [0.25, 0.3) is 0 Å². The van der Waals surface area contributed by atoms with Gasteiger partial charge in [0.2, 0.25) is 0 Å². The molecule has 0 atom stereocenters. The minimum atomic E-state index is 0.0784. The van der Waals surface area contributed by atoms with Crippen molar-refractivity contribution in [2.75, 3.05) is 0 Å². The van der Waals surface area contributed by atoms with E-state index in [1.54, 1.807) is 6.07 Å². The fourth-order valence-electron chi connectivity index (χ4n) is 0.764. The largest absolute Gasteiger partial charge is 0.508 e. The minimum Gasteiger partial charge on any atom is -0.508 e. The summed E-state index contributed by atoms with van der Waals surface area (Å²) in [4.78, 5) is 0. The van der Waals surface area contributed by atoms with Crippen LogP contribution in [0.1, 0.15) is 5.56 Å². The van der Waals surface area contributed by atoms with Gasteiger partial charge in [0.1, 0.15) is 11.5 Å². The molecular formula is C8H9O2. The summed E-state index contributed by atoms with van der Waals surface area (Å²) in [6.07, 6.45) is 0.534. The molecule has 0 spiro atoms. The molecule has 2 N–H and O–H groups in total. The van der Waals surface area contributed by atoms with Crippen LogP contribution >= 0.6 is 0 Å². The highest BCUT2D eigenvalue weighted by molar-refractivity contribution is 5.39. The van der Waals surface area contributed by atoms with E-state index in [9.17, 15) is 0 Å². The number of phenols is 2. The first-order valence-corrected chi connectivity index (χ1v) is 3.04. The normalized spacial score (nSPS) is 9.70. The Kier molecular flexibility index (Phi) is 1.81. The molecule has 0 amide bonds. The fraction of sp³-hybridized carbons (Fsp3) is 0.125. The van der Waals surface area contributed by atoms with Gasteiger partial charge in [0, 0.05) is 6.07 Å². The highest BCUT2D eigenvalue weighted by Crippen LogP contribution is 2.22. The summed E-state index contributed by atoms with van der Waals surface area (Å²) >= 11 is 0. The molecule has 1 aromatic carbocycles. The SMILES string of the molecule is [CH2]Cc1ccc(O)cc1O. The lowest BCUT2D eigenvalue weighted by Crippen LogP contribution is -1.79. The molecule has 0 saturated heterocycles. The number of hydrogen-bond donors (Lipinski definition) is 2. The monoisotopic (exact) mass is 137 g/mol. The molecule has 0 heterocycles. The average Bonchev–Trinajstić information content (AvgIpc) is 1.88. The van der Waals surface area contributed by atoms with E-state index in [1.807, 2.05) is 0 Å². The van der Waals surface area contributed by atoms with Gasteiger partial charge in [-0.3, -0.25) is 0 Å². The van der Waals surface area contributed by atoms with E-state index in [-0.39, 0.29) is 11.5 Å². The van der Waals surface area contributed by atoms with E-state index < -0.39 is 0 Å². The van der Waals surface area contributed by atoms with Gasteiger partial charge in [-0.25, -0.2) is 0 Å². The van der Waals surface area contributed by atoms with E-state index in [4.69, 9.17) is 10.2 Å². The Balaban J connectivity index is 3.07. The second-order valence-corrected chi connectivity index (χ2v) is 2.06. The molecule has 0 aliphatic heterocycles. The highest BCUT2D eigenvalue weighted by Gasteiger charge is 1.97. The Bertz CT molecular complexity index is 231. The van der Waals surface area contributed by atoms with E-state index in [1.165, 1.54) is 12.1 Å². The van der Waals surface area contributed by atoms with Gasteiger partial charge in [-0.05, 0) is 25.0 Å². The summed E-state index contributed by atoms with van der Waals surface area (Å²) in [5.41, 5.74) is 0.748. The van der Waals surface area contributed by atoms with Gasteiger partial charge in [-0.2, -0.15) is 0 Å². The zero-order valence-electron chi connectivity index (χ0n) is 5.54. The van der Waals surface area contributed by atoms with Crippen LogP contribution in [0, 0.1) is 6.92 Å². The topological polar surface area (TPSA) is 40.5 Å². The van der Waals surface area contributed by atoms with Crippen LogP contribution < -0.4 is 0 Å². The standard InChI is InChI=1S/C8H9O2/c1-2-6-3-4-7(9)5-8(6)10/h3-5,9-10H,1-2H2. The maximum atomic E-state index is 9.09. The molecule has 0 fully saturated rings. The first-order chi connectivity index (χ1) is 4.74. The Morgan fingerprint density at radius 2 is 2.00 bits per heavy atom. The first-order valence-electron chi connectivity index (χ1n) is 3.04. The molecule has 53 valence electrons. The molecule has 0 bridgehead atoms. The van der Waals surface area contributed by atoms with Crippen molar-refractivity contribution in [2.24, 2.45) is 0 Å². The molecule has 0 unspecified atom stereocenters. The lowest BCUT2D eigenvalue weighted by Gasteiger charge is -1.99. The predicted octanol–water partition coefficient (Wildman–Crippen LogP) is 1.47. The molecule has 0 aliphatic carbocycles. The van der Waals surface area contributed by atoms with Gasteiger partial charge in [-0.1, -0.05) is 6.07 Å². The van der Waals surface area contributed by atoms with Gasteiger partial charge in [0.05, 0.1) is 0 Å². The fourth-order valence-corrected chi connectivity index (χ4v) is 0.764. The first kappa shape index (κ1) is 6.93. The predicted molar refractivity (Wildman–Crippen MR) is 38.8 cm³/mol. The third-order valence-electron chi connectivity index (χ3n) is 1.34. The molecule has 1 radical (unpaired) electrons. The Hall–Kier alpha value is -1.18. The van der Waals surface area contributed by atoms with Crippen molar-refractivity contribution in [3.8, 4) is 11.5 Å². The summed E-state index contributed by atoms with van der Waals surface area (Å²) in [6.45, 7) is 3.60. The number of phenolic OH excluding ortho intramolecular Hbond substituents is 2. The summed E-state index contributed by atoms with van der Waals surface area (Å²) in [5, 5.41) is 17.9. The van der Waals surface area contributed by atoms with Gasteiger partial charge in [0.15, 0.2) is 0 Å². The Morgan fingerprint density at radius 1 is 1.30 bits per heavy atom. The summed E-state index contributed by atoms with van der Waals surface area (Å²) < 4.78 is 0. The lowest BCUT2D eigenvalue weighted by molar-refractivity contribution is 0.447. The molecule has 0 saturated carbocycles. The summed E-state index contributed by atoms with van der Waals surface area (Å²) in [7, 11) is 0. The van der Waals surface area contributed by atoms with Crippen molar-refractivity contribution < 1.29 is 10.2 Å². The van der Waals surface area contributed by atoms with Crippen molar-refractivity contribution in [2.45, 2.75) is 6.42 Å². The number of benzene rings is 1. The van der Waals surface area contributed by atoms with E-state index in [0.29, 0.717) is 6.42 Å². The lowest BCUT2D eigenvalue weighted by atomic mass is 10.1. The zero-order valence-corrected chi connectivity index (χ0v) is 5.54. The number of hydrogen-bond acceptors (Lipinski definition) is 2. The maximum Gasteiger partial charge on any atom is 0.122 e. The van der Waals surface area contributed by atoms with Crippen LogP contribution in [-0.4, -0.2) is 10.2 Å². The van der Waals surface area contributed by atoms with Crippen LogP contribution in [0.15, 0.2) is 18.2 Å². The highest BCUT2D eigenvalue weighted by atomic mass is 16.3. The van der Waals surface area contributed by atoms with E-state index in [2.05, 4.69) is 6.92 Å². The van der Waals surface area contributed by atoms with Crippen molar-refractivity contribution >= 4 is 0 Å². The van der Waals surface area contributed by atoms with Crippen LogP contribution in [0.5, 0.6) is 11.5 Å². The third kappa shape index (κ3) is 1.21. The molecule has 10 heavy (non-hydrogen) atoms. The zero-order chi connectivity index (χ0) is 7.56. The Morgan fingerprint density at radius 3 is 2.50 bits per heavy atom. The molecule has 0 aromatic heterocycles.